The van der Waals surface area contributed by atoms with Gasteiger partial charge in [-0.05, 0) is 35.2 Å². The maximum Gasteiger partial charge on any atom is 0.310 e. The quantitative estimate of drug-likeness (QED) is 0.802. The lowest BCUT2D eigenvalue weighted by Gasteiger charge is -2.28. The molecule has 0 saturated carbocycles. The molecule has 1 aliphatic rings. The Morgan fingerprint density at radius 2 is 1.75 bits per heavy atom. The standard InChI is InChI=1S/C19H18ClNO3/c20-17-7-5-14(6-8-17)11-19(23)24-13-18(22)21-10-9-15-3-1-2-4-16(15)12-21/h1-8H,9-13H2. The summed E-state index contributed by atoms with van der Waals surface area (Å²) in [5.41, 5.74) is 3.25. The molecule has 1 aliphatic heterocycles. The van der Waals surface area contributed by atoms with Crippen LogP contribution in [0.4, 0.5) is 0 Å². The molecule has 3 rings (SSSR count). The normalized spacial score (nSPS) is 13.3. The first-order valence-electron chi connectivity index (χ1n) is 7.86. The molecular formula is C19H18ClNO3. The SMILES string of the molecule is O=C(Cc1ccc(Cl)cc1)OCC(=O)N1CCc2ccccc2C1. The predicted octanol–water partition coefficient (Wildman–Crippen LogP) is 3.01. The number of carbonyl (C=O) groups is 2. The van der Waals surface area contributed by atoms with E-state index in [0.29, 0.717) is 18.1 Å². The van der Waals surface area contributed by atoms with Gasteiger partial charge in [-0.2, -0.15) is 0 Å². The van der Waals surface area contributed by atoms with Crippen LogP contribution in [0.25, 0.3) is 0 Å². The van der Waals surface area contributed by atoms with Crippen LogP contribution in [0.2, 0.25) is 5.02 Å². The van der Waals surface area contributed by atoms with Crippen molar-refractivity contribution in [3.8, 4) is 0 Å². The Labute approximate surface area is 146 Å². The number of esters is 1. The molecule has 0 aromatic heterocycles. The van der Waals surface area contributed by atoms with Gasteiger partial charge in [-0.25, -0.2) is 0 Å². The minimum Gasteiger partial charge on any atom is -0.455 e. The molecule has 1 amide bonds. The molecule has 0 fully saturated rings. The molecule has 2 aromatic carbocycles. The van der Waals surface area contributed by atoms with Crippen molar-refractivity contribution in [2.75, 3.05) is 13.2 Å². The van der Waals surface area contributed by atoms with Crippen LogP contribution in [-0.4, -0.2) is 29.9 Å². The second-order valence-electron chi connectivity index (χ2n) is 5.80. The largest absolute Gasteiger partial charge is 0.455 e. The average Bonchev–Trinajstić information content (AvgIpc) is 2.61. The van der Waals surface area contributed by atoms with Gasteiger partial charge in [0.15, 0.2) is 6.61 Å². The number of nitrogens with zero attached hydrogens (tertiary/aromatic N) is 1. The van der Waals surface area contributed by atoms with Crippen LogP contribution < -0.4 is 0 Å². The molecule has 124 valence electrons. The van der Waals surface area contributed by atoms with Crippen LogP contribution >= 0.6 is 11.6 Å². The third kappa shape index (κ3) is 4.15. The predicted molar refractivity (Wildman–Crippen MR) is 91.7 cm³/mol. The summed E-state index contributed by atoms with van der Waals surface area (Å²) in [6.45, 7) is 1.02. The highest BCUT2D eigenvalue weighted by molar-refractivity contribution is 6.30. The third-order valence-corrected chi connectivity index (χ3v) is 4.35. The number of benzene rings is 2. The van der Waals surface area contributed by atoms with E-state index in [0.717, 1.165) is 17.5 Å². The second kappa shape index (κ2) is 7.49. The first kappa shape index (κ1) is 16.5. The smallest absolute Gasteiger partial charge is 0.310 e. The Morgan fingerprint density at radius 1 is 1.04 bits per heavy atom. The molecule has 0 unspecified atom stereocenters. The van der Waals surface area contributed by atoms with E-state index in [1.165, 1.54) is 5.56 Å². The Morgan fingerprint density at radius 3 is 2.50 bits per heavy atom. The third-order valence-electron chi connectivity index (χ3n) is 4.10. The molecular weight excluding hydrogens is 326 g/mol. The minimum atomic E-state index is -0.414. The van der Waals surface area contributed by atoms with Gasteiger partial charge in [0.05, 0.1) is 6.42 Å². The molecule has 0 saturated heterocycles. The molecule has 0 N–H and O–H groups in total. The van der Waals surface area contributed by atoms with E-state index >= 15 is 0 Å². The van der Waals surface area contributed by atoms with Gasteiger partial charge in [0.25, 0.3) is 5.91 Å². The number of halogens is 1. The van der Waals surface area contributed by atoms with Crippen molar-refractivity contribution in [1.29, 1.82) is 0 Å². The molecule has 0 atom stereocenters. The molecule has 2 aromatic rings. The number of ether oxygens (including phenoxy) is 1. The van der Waals surface area contributed by atoms with E-state index in [1.807, 2.05) is 18.2 Å². The molecule has 0 radical (unpaired) electrons. The maximum atomic E-state index is 12.2. The Bertz CT molecular complexity index is 743. The molecule has 0 aliphatic carbocycles. The van der Waals surface area contributed by atoms with Gasteiger partial charge in [0, 0.05) is 18.1 Å². The summed E-state index contributed by atoms with van der Waals surface area (Å²) in [4.78, 5) is 25.8. The summed E-state index contributed by atoms with van der Waals surface area (Å²) >= 11 is 5.81. The first-order chi connectivity index (χ1) is 11.6. The molecule has 0 spiro atoms. The average molecular weight is 344 g/mol. The number of hydrogen-bond donors (Lipinski definition) is 0. The number of amides is 1. The molecule has 5 heteroatoms. The van der Waals surface area contributed by atoms with Gasteiger partial charge in [-0.15, -0.1) is 0 Å². The fraction of sp³-hybridized carbons (Fsp3) is 0.263. The van der Waals surface area contributed by atoms with Gasteiger partial charge in [0.1, 0.15) is 0 Å². The molecule has 24 heavy (non-hydrogen) atoms. The Kier molecular flexibility index (Phi) is 5.16. The van der Waals surface area contributed by atoms with Crippen molar-refractivity contribution in [3.05, 3.63) is 70.2 Å². The van der Waals surface area contributed by atoms with E-state index in [4.69, 9.17) is 16.3 Å². The van der Waals surface area contributed by atoms with Crippen molar-refractivity contribution in [1.82, 2.24) is 4.90 Å². The highest BCUT2D eigenvalue weighted by Gasteiger charge is 2.21. The van der Waals surface area contributed by atoms with Crippen molar-refractivity contribution >= 4 is 23.5 Å². The Hall–Kier alpha value is -2.33. The summed E-state index contributed by atoms with van der Waals surface area (Å²) in [5.74, 6) is -0.572. The zero-order valence-electron chi connectivity index (χ0n) is 13.2. The zero-order valence-corrected chi connectivity index (χ0v) is 14.0. The number of carbonyl (C=O) groups excluding carboxylic acids is 2. The zero-order chi connectivity index (χ0) is 16.9. The van der Waals surface area contributed by atoms with E-state index in [-0.39, 0.29) is 18.9 Å². The van der Waals surface area contributed by atoms with Gasteiger partial charge in [0.2, 0.25) is 0 Å². The summed E-state index contributed by atoms with van der Waals surface area (Å²) < 4.78 is 5.12. The van der Waals surface area contributed by atoms with E-state index < -0.39 is 5.97 Å². The molecule has 4 nitrogen and oxygen atoms in total. The highest BCUT2D eigenvalue weighted by Crippen LogP contribution is 2.18. The summed E-state index contributed by atoms with van der Waals surface area (Å²) in [7, 11) is 0. The van der Waals surface area contributed by atoms with Crippen molar-refractivity contribution in [2.24, 2.45) is 0 Å². The number of hydrogen-bond acceptors (Lipinski definition) is 3. The monoisotopic (exact) mass is 343 g/mol. The van der Waals surface area contributed by atoms with Crippen LogP contribution in [-0.2, 0) is 33.7 Å². The van der Waals surface area contributed by atoms with Gasteiger partial charge < -0.3 is 9.64 Å². The van der Waals surface area contributed by atoms with Gasteiger partial charge in [-0.3, -0.25) is 9.59 Å². The topological polar surface area (TPSA) is 46.6 Å². The van der Waals surface area contributed by atoms with Crippen LogP contribution in [0.5, 0.6) is 0 Å². The van der Waals surface area contributed by atoms with Crippen molar-refractivity contribution < 1.29 is 14.3 Å². The fourth-order valence-corrected chi connectivity index (χ4v) is 2.89. The van der Waals surface area contributed by atoms with Gasteiger partial charge >= 0.3 is 5.97 Å². The van der Waals surface area contributed by atoms with Gasteiger partial charge in [-0.1, -0.05) is 48.0 Å². The number of rotatable bonds is 4. The fourth-order valence-electron chi connectivity index (χ4n) is 2.76. The maximum absolute atomic E-state index is 12.2. The first-order valence-corrected chi connectivity index (χ1v) is 8.24. The van der Waals surface area contributed by atoms with Crippen molar-refractivity contribution in [2.45, 2.75) is 19.4 Å². The lowest BCUT2D eigenvalue weighted by Crippen LogP contribution is -2.38. The van der Waals surface area contributed by atoms with E-state index in [9.17, 15) is 9.59 Å². The highest BCUT2D eigenvalue weighted by atomic mass is 35.5. The summed E-state index contributed by atoms with van der Waals surface area (Å²) in [6.07, 6.45) is 0.966. The van der Waals surface area contributed by atoms with Crippen LogP contribution in [0, 0.1) is 0 Å². The molecule has 0 bridgehead atoms. The lowest BCUT2D eigenvalue weighted by molar-refractivity contribution is -0.151. The lowest BCUT2D eigenvalue weighted by atomic mass is 10.00. The van der Waals surface area contributed by atoms with Crippen LogP contribution in [0.15, 0.2) is 48.5 Å². The molecule has 1 heterocycles. The van der Waals surface area contributed by atoms with Crippen LogP contribution in [0.3, 0.4) is 0 Å². The van der Waals surface area contributed by atoms with E-state index in [2.05, 4.69) is 6.07 Å². The van der Waals surface area contributed by atoms with Crippen LogP contribution in [0.1, 0.15) is 16.7 Å². The van der Waals surface area contributed by atoms with E-state index in [1.54, 1.807) is 29.2 Å². The Balaban J connectivity index is 1.49. The second-order valence-corrected chi connectivity index (χ2v) is 6.23. The summed E-state index contributed by atoms with van der Waals surface area (Å²) in [5, 5.41) is 0.618. The number of fused-ring (bicyclic) bond motifs is 1. The van der Waals surface area contributed by atoms with Crippen molar-refractivity contribution in [3.63, 3.8) is 0 Å². The summed E-state index contributed by atoms with van der Waals surface area (Å²) in [6, 6.07) is 15.1. The minimum absolute atomic E-state index is 0.132.